The van der Waals surface area contributed by atoms with E-state index >= 15 is 0 Å². The number of halogens is 2. The third kappa shape index (κ3) is 5.69. The van der Waals surface area contributed by atoms with Crippen LogP contribution in [0.1, 0.15) is 30.5 Å². The highest BCUT2D eigenvalue weighted by molar-refractivity contribution is 6.48. The molecule has 0 saturated heterocycles. The molecular weight excluding hydrogens is 387 g/mol. The first kappa shape index (κ1) is 21.1. The molecule has 0 heterocycles. The van der Waals surface area contributed by atoms with Crippen molar-refractivity contribution in [1.82, 2.24) is 0 Å². The summed E-state index contributed by atoms with van der Waals surface area (Å²) in [4.78, 5) is 0. The van der Waals surface area contributed by atoms with E-state index in [2.05, 4.69) is 20.4 Å². The lowest BCUT2D eigenvalue weighted by molar-refractivity contribution is 0.0823. The summed E-state index contributed by atoms with van der Waals surface area (Å²) >= 11 is 5.94. The van der Waals surface area contributed by atoms with Crippen LogP contribution in [0.15, 0.2) is 79.4 Å². The topological polar surface area (TPSA) is 18.5 Å². The molecule has 0 N–H and O–H groups in total. The van der Waals surface area contributed by atoms with Gasteiger partial charge in [0, 0.05) is 10.4 Å². The van der Waals surface area contributed by atoms with Crippen molar-refractivity contribution in [2.75, 3.05) is 6.61 Å². The Balaban J connectivity index is 1.62. The summed E-state index contributed by atoms with van der Waals surface area (Å²) < 4.78 is 25.7. The number of para-hydroxylation sites is 1. The molecule has 3 aromatic carbocycles. The molecule has 0 spiro atoms. The molecule has 0 amide bonds. The van der Waals surface area contributed by atoms with E-state index < -0.39 is 5.82 Å². The van der Waals surface area contributed by atoms with Crippen LogP contribution in [0.4, 0.5) is 4.39 Å². The first-order valence-electron chi connectivity index (χ1n) is 9.39. The van der Waals surface area contributed by atoms with Crippen molar-refractivity contribution in [3.8, 4) is 11.5 Å². The summed E-state index contributed by atoms with van der Waals surface area (Å²) in [6, 6.07) is 21.9. The largest absolute Gasteiger partial charge is 0.454 e. The first-order chi connectivity index (χ1) is 13.8. The molecule has 2 nitrogen and oxygen atoms in total. The van der Waals surface area contributed by atoms with E-state index in [4.69, 9.17) is 21.1 Å². The van der Waals surface area contributed by atoms with Gasteiger partial charge in [-0.15, -0.1) is 0 Å². The van der Waals surface area contributed by atoms with Crippen LogP contribution in [-0.4, -0.2) is 6.61 Å². The molecule has 29 heavy (non-hydrogen) atoms. The van der Waals surface area contributed by atoms with Crippen molar-refractivity contribution in [3.63, 3.8) is 0 Å². The Morgan fingerprint density at radius 3 is 2.34 bits per heavy atom. The van der Waals surface area contributed by atoms with E-state index in [1.807, 2.05) is 42.5 Å². The fourth-order valence-corrected chi connectivity index (χ4v) is 3.07. The van der Waals surface area contributed by atoms with Crippen LogP contribution >= 0.6 is 11.6 Å². The summed E-state index contributed by atoms with van der Waals surface area (Å²) in [7, 11) is 0. The second-order valence-electron chi connectivity index (χ2n) is 7.54. The van der Waals surface area contributed by atoms with Gasteiger partial charge in [0.2, 0.25) is 0 Å². The Bertz CT molecular complexity index is 966. The van der Waals surface area contributed by atoms with E-state index in [0.29, 0.717) is 24.0 Å². The average molecular weight is 411 g/mol. The molecule has 0 aromatic heterocycles. The van der Waals surface area contributed by atoms with Gasteiger partial charge in [-0.25, -0.2) is 4.39 Å². The minimum Gasteiger partial charge on any atom is -0.454 e. The Labute approximate surface area is 176 Å². The van der Waals surface area contributed by atoms with E-state index in [9.17, 15) is 4.39 Å². The average Bonchev–Trinajstić information content (AvgIpc) is 2.71. The predicted molar refractivity (Wildman–Crippen MR) is 117 cm³/mol. The minimum atomic E-state index is -0.404. The van der Waals surface area contributed by atoms with Gasteiger partial charge in [-0.1, -0.05) is 80.6 Å². The Morgan fingerprint density at radius 1 is 1.00 bits per heavy atom. The maximum Gasteiger partial charge on any atom is 0.165 e. The van der Waals surface area contributed by atoms with Crippen LogP contribution in [0.25, 0.3) is 5.03 Å². The lowest BCUT2D eigenvalue weighted by Crippen LogP contribution is -2.24. The summed E-state index contributed by atoms with van der Waals surface area (Å²) in [6.07, 6.45) is 0. The first-order valence-corrected chi connectivity index (χ1v) is 9.77. The molecule has 0 unspecified atom stereocenters. The van der Waals surface area contributed by atoms with Gasteiger partial charge in [0.15, 0.2) is 11.6 Å². The molecule has 0 atom stereocenters. The maximum absolute atomic E-state index is 14.1. The fraction of sp³-hybridized carbons (Fsp3) is 0.200. The standard InChI is InChI=1S/C25H24ClFO2/c1-18(26)20-10-12-21(13-11-20)25(2,3)17-28-16-19-9-14-23(27)24(15-19)29-22-7-5-4-6-8-22/h4-15H,1,16-17H2,2-3H3. The third-order valence-corrected chi connectivity index (χ3v) is 4.90. The second-order valence-corrected chi connectivity index (χ2v) is 8.00. The summed E-state index contributed by atoms with van der Waals surface area (Å²) in [5.74, 6) is 0.376. The Morgan fingerprint density at radius 2 is 1.69 bits per heavy atom. The van der Waals surface area contributed by atoms with Gasteiger partial charge in [-0.2, -0.15) is 0 Å². The lowest BCUT2D eigenvalue weighted by Gasteiger charge is -2.25. The number of hydrogen-bond acceptors (Lipinski definition) is 2. The van der Waals surface area contributed by atoms with Crippen LogP contribution in [0, 0.1) is 5.82 Å². The van der Waals surface area contributed by atoms with Gasteiger partial charge < -0.3 is 9.47 Å². The predicted octanol–water partition coefficient (Wildman–Crippen LogP) is 7.32. The van der Waals surface area contributed by atoms with Gasteiger partial charge in [-0.05, 0) is 41.0 Å². The van der Waals surface area contributed by atoms with Crippen LogP contribution in [0.2, 0.25) is 0 Å². The van der Waals surface area contributed by atoms with Crippen LogP contribution in [-0.2, 0) is 16.8 Å². The van der Waals surface area contributed by atoms with E-state index in [1.54, 1.807) is 24.3 Å². The number of hydrogen-bond donors (Lipinski definition) is 0. The van der Waals surface area contributed by atoms with Crippen LogP contribution in [0.5, 0.6) is 11.5 Å². The highest BCUT2D eigenvalue weighted by Gasteiger charge is 2.21. The number of benzene rings is 3. The number of rotatable bonds is 8. The van der Waals surface area contributed by atoms with Gasteiger partial charge in [0.25, 0.3) is 0 Å². The SMILES string of the molecule is C=C(Cl)c1ccc(C(C)(C)COCc2ccc(F)c(Oc3ccccc3)c2)cc1. The molecule has 3 aromatic rings. The normalized spacial score (nSPS) is 11.3. The van der Waals surface area contributed by atoms with Gasteiger partial charge in [-0.3, -0.25) is 0 Å². The van der Waals surface area contributed by atoms with E-state index in [1.165, 1.54) is 6.07 Å². The monoisotopic (exact) mass is 410 g/mol. The molecule has 0 radical (unpaired) electrons. The van der Waals surface area contributed by atoms with Crippen molar-refractivity contribution in [2.24, 2.45) is 0 Å². The quantitative estimate of drug-likeness (QED) is 0.387. The van der Waals surface area contributed by atoms with Gasteiger partial charge >= 0.3 is 0 Å². The minimum absolute atomic E-state index is 0.185. The zero-order chi connectivity index (χ0) is 20.9. The summed E-state index contributed by atoms with van der Waals surface area (Å²) in [5.41, 5.74) is 2.72. The van der Waals surface area contributed by atoms with Crippen molar-refractivity contribution in [3.05, 3.63) is 102 Å². The molecule has 0 bridgehead atoms. The Kier molecular flexibility index (Phi) is 6.73. The van der Waals surface area contributed by atoms with Crippen LogP contribution in [0.3, 0.4) is 0 Å². The summed E-state index contributed by atoms with van der Waals surface area (Å²) in [5, 5.41) is 0.524. The van der Waals surface area contributed by atoms with Gasteiger partial charge in [0.1, 0.15) is 5.75 Å². The van der Waals surface area contributed by atoms with Gasteiger partial charge in [0.05, 0.1) is 13.2 Å². The van der Waals surface area contributed by atoms with Crippen molar-refractivity contribution < 1.29 is 13.9 Å². The van der Waals surface area contributed by atoms with Crippen molar-refractivity contribution in [1.29, 1.82) is 0 Å². The third-order valence-electron chi connectivity index (χ3n) is 4.68. The smallest absolute Gasteiger partial charge is 0.165 e. The molecular formula is C25H24ClFO2. The van der Waals surface area contributed by atoms with E-state index in [-0.39, 0.29) is 11.2 Å². The Hall–Kier alpha value is -2.62. The van der Waals surface area contributed by atoms with E-state index in [0.717, 1.165) is 16.7 Å². The molecule has 0 aliphatic heterocycles. The molecule has 0 saturated carbocycles. The number of ether oxygens (including phenoxy) is 2. The molecule has 4 heteroatoms. The highest BCUT2D eigenvalue weighted by Crippen LogP contribution is 2.28. The zero-order valence-electron chi connectivity index (χ0n) is 16.6. The summed E-state index contributed by atoms with van der Waals surface area (Å²) in [6.45, 7) is 8.86. The molecule has 0 fully saturated rings. The highest BCUT2D eigenvalue weighted by atomic mass is 35.5. The molecule has 0 aliphatic rings. The molecule has 0 aliphatic carbocycles. The zero-order valence-corrected chi connectivity index (χ0v) is 17.4. The second kappa shape index (κ2) is 9.25. The lowest BCUT2D eigenvalue weighted by atomic mass is 9.85. The molecule has 150 valence electrons. The molecule has 3 rings (SSSR count). The van der Waals surface area contributed by atoms with Crippen LogP contribution < -0.4 is 4.74 Å². The van der Waals surface area contributed by atoms with Crippen molar-refractivity contribution in [2.45, 2.75) is 25.9 Å². The maximum atomic E-state index is 14.1. The van der Waals surface area contributed by atoms with Crippen molar-refractivity contribution >= 4 is 16.6 Å². The fourth-order valence-electron chi connectivity index (χ4n) is 2.94.